The summed E-state index contributed by atoms with van der Waals surface area (Å²) in [5.74, 6) is 0. The van der Waals surface area contributed by atoms with Crippen molar-refractivity contribution in [1.82, 2.24) is 0 Å². The molecular formula is C32H66O2. The van der Waals surface area contributed by atoms with Crippen LogP contribution in [0.3, 0.4) is 0 Å². The van der Waals surface area contributed by atoms with E-state index in [-0.39, 0.29) is 0 Å². The Hall–Kier alpha value is -0.370. The minimum Gasteiger partial charge on any atom is -0.396 e. The third-order valence-corrected chi connectivity index (χ3v) is 6.94. The van der Waals surface area contributed by atoms with E-state index < -0.39 is 0 Å². The smallest absolute Gasteiger partial charge is 0.119 e. The van der Waals surface area contributed by atoms with Crippen LogP contribution < -0.4 is 0 Å². The van der Waals surface area contributed by atoms with Gasteiger partial charge in [-0.3, -0.25) is 0 Å². The summed E-state index contributed by atoms with van der Waals surface area (Å²) >= 11 is 0. The van der Waals surface area contributed by atoms with E-state index in [0.29, 0.717) is 6.61 Å². The molecule has 1 N–H and O–H groups in total. The molecular weight excluding hydrogens is 416 g/mol. The number of unbranched alkanes of at least 4 members (excludes halogenated alkanes) is 26. The molecule has 0 aliphatic rings. The monoisotopic (exact) mass is 483 g/mol. The zero-order valence-electron chi connectivity index (χ0n) is 23.9. The van der Waals surface area contributed by atoms with Crippen LogP contribution in [0.1, 0.15) is 194 Å². The van der Waals surface area contributed by atoms with Gasteiger partial charge < -0.3 is 9.90 Å². The fourth-order valence-corrected chi connectivity index (χ4v) is 4.55. The Kier molecular flexibility index (Phi) is 39.1. The van der Waals surface area contributed by atoms with E-state index in [0.717, 1.165) is 25.5 Å². The summed E-state index contributed by atoms with van der Waals surface area (Å²) < 4.78 is 0. The topological polar surface area (TPSA) is 37.3 Å². The molecule has 0 rings (SSSR count). The van der Waals surface area contributed by atoms with Gasteiger partial charge in [-0.25, -0.2) is 0 Å². The van der Waals surface area contributed by atoms with Gasteiger partial charge >= 0.3 is 0 Å². The predicted molar refractivity (Wildman–Crippen MR) is 154 cm³/mol. The molecule has 0 saturated heterocycles. The first-order valence-corrected chi connectivity index (χ1v) is 15.9. The van der Waals surface area contributed by atoms with E-state index in [2.05, 4.69) is 13.8 Å². The van der Waals surface area contributed by atoms with Crippen LogP contribution >= 0.6 is 0 Å². The third kappa shape index (κ3) is 38.9. The largest absolute Gasteiger partial charge is 0.396 e. The minimum absolute atomic E-state index is 0.373. The van der Waals surface area contributed by atoms with E-state index in [1.807, 2.05) is 0 Å². The van der Waals surface area contributed by atoms with Gasteiger partial charge in [0, 0.05) is 13.0 Å². The molecule has 0 radical (unpaired) electrons. The highest BCUT2D eigenvalue weighted by atomic mass is 16.2. The Morgan fingerprint density at radius 1 is 0.382 bits per heavy atom. The standard InChI is InChI=1S/C16H34O.C16H32O/c2*1-2-3-4-5-6-7-8-9-10-11-12-13-14-15-16-17/h17H,2-16H2,1H3;16H,2-15H2,1H3. The number of hydrogen-bond acceptors (Lipinski definition) is 2. The molecule has 0 amide bonds. The molecule has 0 spiro atoms. The summed E-state index contributed by atoms with van der Waals surface area (Å²) in [7, 11) is 0. The summed E-state index contributed by atoms with van der Waals surface area (Å²) in [6.45, 7) is 4.92. The summed E-state index contributed by atoms with van der Waals surface area (Å²) in [6, 6.07) is 0. The molecule has 2 heteroatoms. The number of aliphatic hydroxyl groups is 1. The van der Waals surface area contributed by atoms with Crippen LogP contribution in [0, 0.1) is 0 Å². The summed E-state index contributed by atoms with van der Waals surface area (Å²) in [6.07, 6.45) is 38.8. The fourth-order valence-electron chi connectivity index (χ4n) is 4.55. The van der Waals surface area contributed by atoms with Crippen LogP contribution in [0.25, 0.3) is 0 Å². The van der Waals surface area contributed by atoms with Crippen LogP contribution in [-0.4, -0.2) is 18.0 Å². The molecule has 0 aromatic carbocycles. The van der Waals surface area contributed by atoms with Crippen LogP contribution in [0.15, 0.2) is 0 Å². The number of carbonyl (C=O) groups is 1. The van der Waals surface area contributed by atoms with Crippen molar-refractivity contribution >= 4 is 6.29 Å². The Labute approximate surface area is 216 Å². The van der Waals surface area contributed by atoms with Gasteiger partial charge in [-0.15, -0.1) is 0 Å². The van der Waals surface area contributed by atoms with Crippen molar-refractivity contribution in [3.05, 3.63) is 0 Å². The molecule has 0 heterocycles. The van der Waals surface area contributed by atoms with Gasteiger partial charge in [-0.1, -0.05) is 174 Å². The van der Waals surface area contributed by atoms with Gasteiger partial charge in [0.2, 0.25) is 0 Å². The molecule has 206 valence electrons. The van der Waals surface area contributed by atoms with Crippen molar-refractivity contribution in [2.75, 3.05) is 6.61 Å². The molecule has 0 fully saturated rings. The molecule has 0 unspecified atom stereocenters. The molecule has 0 aliphatic carbocycles. The lowest BCUT2D eigenvalue weighted by molar-refractivity contribution is -0.107. The zero-order valence-corrected chi connectivity index (χ0v) is 23.9. The molecule has 0 aromatic heterocycles. The molecule has 0 saturated carbocycles. The molecule has 0 bridgehead atoms. The van der Waals surface area contributed by atoms with Crippen LogP contribution in [0.5, 0.6) is 0 Å². The third-order valence-electron chi connectivity index (χ3n) is 6.94. The Bertz CT molecular complexity index is 315. The van der Waals surface area contributed by atoms with Gasteiger partial charge in [0.05, 0.1) is 0 Å². The van der Waals surface area contributed by atoms with Gasteiger partial charge in [0.1, 0.15) is 6.29 Å². The average Bonchev–Trinajstić information content (AvgIpc) is 2.85. The number of carbonyl (C=O) groups excluding carboxylic acids is 1. The van der Waals surface area contributed by atoms with E-state index in [4.69, 9.17) is 5.11 Å². The van der Waals surface area contributed by atoms with Crippen molar-refractivity contribution in [3.63, 3.8) is 0 Å². The highest BCUT2D eigenvalue weighted by Crippen LogP contribution is 2.13. The summed E-state index contributed by atoms with van der Waals surface area (Å²) in [5, 5.41) is 8.64. The SMILES string of the molecule is CCCCCCCCCCCCCCCC=O.CCCCCCCCCCCCCCCCO. The molecule has 0 aromatic rings. The second-order valence-corrected chi connectivity index (χ2v) is 10.5. The highest BCUT2D eigenvalue weighted by molar-refractivity contribution is 5.48. The van der Waals surface area contributed by atoms with Crippen LogP contribution in [-0.2, 0) is 4.79 Å². The summed E-state index contributed by atoms with van der Waals surface area (Å²) in [5.41, 5.74) is 0. The number of hydrogen-bond donors (Lipinski definition) is 1. The number of rotatable bonds is 28. The van der Waals surface area contributed by atoms with Crippen LogP contribution in [0.4, 0.5) is 0 Å². The van der Waals surface area contributed by atoms with E-state index in [1.165, 1.54) is 161 Å². The average molecular weight is 483 g/mol. The Morgan fingerprint density at radius 2 is 0.618 bits per heavy atom. The maximum atomic E-state index is 10.1. The lowest BCUT2D eigenvalue weighted by atomic mass is 10.0. The molecule has 0 atom stereocenters. The normalized spacial score (nSPS) is 10.8. The summed E-state index contributed by atoms with van der Waals surface area (Å²) in [4.78, 5) is 10.1. The second kappa shape index (κ2) is 37.2. The first kappa shape index (κ1) is 35.8. The van der Waals surface area contributed by atoms with Crippen molar-refractivity contribution in [2.24, 2.45) is 0 Å². The molecule has 34 heavy (non-hydrogen) atoms. The van der Waals surface area contributed by atoms with E-state index in [1.54, 1.807) is 0 Å². The van der Waals surface area contributed by atoms with E-state index >= 15 is 0 Å². The Balaban J connectivity index is 0. The Morgan fingerprint density at radius 3 is 0.853 bits per heavy atom. The van der Waals surface area contributed by atoms with Crippen molar-refractivity contribution in [2.45, 2.75) is 194 Å². The van der Waals surface area contributed by atoms with Crippen molar-refractivity contribution < 1.29 is 9.90 Å². The van der Waals surface area contributed by atoms with Gasteiger partial charge in [0.25, 0.3) is 0 Å². The first-order chi connectivity index (χ1) is 16.8. The zero-order chi connectivity index (χ0) is 25.2. The molecule has 0 aliphatic heterocycles. The second-order valence-electron chi connectivity index (χ2n) is 10.5. The van der Waals surface area contributed by atoms with Gasteiger partial charge in [-0.2, -0.15) is 0 Å². The quantitative estimate of drug-likeness (QED) is 0.0889. The van der Waals surface area contributed by atoms with Gasteiger partial charge in [0.15, 0.2) is 0 Å². The lowest BCUT2D eigenvalue weighted by Crippen LogP contribution is -1.84. The van der Waals surface area contributed by atoms with Crippen LogP contribution in [0.2, 0.25) is 0 Å². The first-order valence-electron chi connectivity index (χ1n) is 15.9. The maximum absolute atomic E-state index is 10.1. The number of aldehydes is 1. The number of aliphatic hydroxyl groups excluding tert-OH is 1. The molecule has 2 nitrogen and oxygen atoms in total. The maximum Gasteiger partial charge on any atom is 0.119 e. The van der Waals surface area contributed by atoms with Crippen molar-refractivity contribution in [3.8, 4) is 0 Å². The van der Waals surface area contributed by atoms with Crippen molar-refractivity contribution in [1.29, 1.82) is 0 Å². The van der Waals surface area contributed by atoms with E-state index in [9.17, 15) is 4.79 Å². The lowest BCUT2D eigenvalue weighted by Gasteiger charge is -2.02. The minimum atomic E-state index is 0.373. The highest BCUT2D eigenvalue weighted by Gasteiger charge is 1.94. The fraction of sp³-hybridized carbons (Fsp3) is 0.969. The van der Waals surface area contributed by atoms with Gasteiger partial charge in [-0.05, 0) is 12.8 Å². The predicted octanol–water partition coefficient (Wildman–Crippen LogP) is 11.1.